The van der Waals surface area contributed by atoms with Gasteiger partial charge in [-0.15, -0.1) is 0 Å². The highest BCUT2D eigenvalue weighted by Gasteiger charge is 2.10. The number of hydrogen-bond acceptors (Lipinski definition) is 4. The van der Waals surface area contributed by atoms with Gasteiger partial charge >= 0.3 is 5.97 Å². The van der Waals surface area contributed by atoms with Gasteiger partial charge < -0.3 is 15.2 Å². The molecule has 3 aromatic rings. The lowest BCUT2D eigenvalue weighted by Gasteiger charge is -2.08. The third kappa shape index (κ3) is 3.70. The number of aromatic hydroxyl groups is 1. The van der Waals surface area contributed by atoms with E-state index in [1.165, 1.54) is 24.3 Å². The zero-order chi connectivity index (χ0) is 16.9. The summed E-state index contributed by atoms with van der Waals surface area (Å²) in [6.07, 6.45) is 0. The summed E-state index contributed by atoms with van der Waals surface area (Å²) in [5.41, 5.74) is 0.908. The molecule has 0 atom stereocenters. The van der Waals surface area contributed by atoms with E-state index in [-0.39, 0.29) is 17.9 Å². The first-order chi connectivity index (χ1) is 11.6. The Bertz CT molecular complexity index is 887. The molecule has 0 saturated carbocycles. The van der Waals surface area contributed by atoms with Crippen LogP contribution < -0.4 is 5.32 Å². The number of hydrogen-bond donors (Lipinski definition) is 2. The standard InChI is InChI=1S/C19H15NO4/c21-17-9-6-14(7-10-17)19(23)24-12-18(22)20-16-8-5-13-3-1-2-4-15(13)11-16/h1-11,21H,12H2,(H,20,22). The molecule has 0 aliphatic heterocycles. The Morgan fingerprint density at radius 2 is 1.62 bits per heavy atom. The van der Waals surface area contributed by atoms with E-state index in [2.05, 4.69) is 5.32 Å². The number of phenols is 1. The summed E-state index contributed by atoms with van der Waals surface area (Å²) in [7, 11) is 0. The van der Waals surface area contributed by atoms with E-state index in [9.17, 15) is 14.7 Å². The number of nitrogens with one attached hydrogen (secondary N) is 1. The summed E-state index contributed by atoms with van der Waals surface area (Å²) < 4.78 is 4.96. The average Bonchev–Trinajstić information content (AvgIpc) is 2.60. The van der Waals surface area contributed by atoms with Gasteiger partial charge in [0, 0.05) is 5.69 Å². The molecular formula is C19H15NO4. The summed E-state index contributed by atoms with van der Waals surface area (Å²) in [4.78, 5) is 23.7. The molecule has 2 N–H and O–H groups in total. The topological polar surface area (TPSA) is 75.6 Å². The van der Waals surface area contributed by atoms with Gasteiger partial charge in [-0.3, -0.25) is 4.79 Å². The minimum absolute atomic E-state index is 0.0561. The molecule has 0 saturated heterocycles. The van der Waals surface area contributed by atoms with Crippen LogP contribution in [0.2, 0.25) is 0 Å². The van der Waals surface area contributed by atoms with Crippen LogP contribution in [0.5, 0.6) is 5.75 Å². The third-order valence-electron chi connectivity index (χ3n) is 3.47. The second-order valence-corrected chi connectivity index (χ2v) is 5.23. The molecule has 1 amide bonds. The van der Waals surface area contributed by atoms with E-state index >= 15 is 0 Å². The van der Waals surface area contributed by atoms with Crippen LogP contribution in [0.15, 0.2) is 66.7 Å². The van der Waals surface area contributed by atoms with Crippen LogP contribution >= 0.6 is 0 Å². The van der Waals surface area contributed by atoms with Crippen LogP contribution in [0.25, 0.3) is 10.8 Å². The normalized spacial score (nSPS) is 10.3. The maximum atomic E-state index is 11.9. The molecular weight excluding hydrogens is 306 g/mol. The van der Waals surface area contributed by atoms with Gasteiger partial charge in [0.2, 0.25) is 0 Å². The van der Waals surface area contributed by atoms with Crippen molar-refractivity contribution in [3.05, 3.63) is 72.3 Å². The second-order valence-electron chi connectivity index (χ2n) is 5.23. The zero-order valence-electron chi connectivity index (χ0n) is 12.7. The molecule has 5 heteroatoms. The van der Waals surface area contributed by atoms with E-state index in [0.29, 0.717) is 5.69 Å². The molecule has 0 fully saturated rings. The van der Waals surface area contributed by atoms with Gasteiger partial charge in [-0.2, -0.15) is 0 Å². The van der Waals surface area contributed by atoms with Gasteiger partial charge in [-0.25, -0.2) is 4.79 Å². The zero-order valence-corrected chi connectivity index (χ0v) is 12.7. The molecule has 0 heterocycles. The van der Waals surface area contributed by atoms with Crippen molar-refractivity contribution in [1.29, 1.82) is 0 Å². The van der Waals surface area contributed by atoms with Crippen molar-refractivity contribution in [2.24, 2.45) is 0 Å². The maximum absolute atomic E-state index is 11.9. The molecule has 3 aromatic carbocycles. The van der Waals surface area contributed by atoms with Crippen molar-refractivity contribution < 1.29 is 19.4 Å². The Labute approximate surface area is 138 Å². The summed E-state index contributed by atoms with van der Waals surface area (Å²) in [5.74, 6) is -0.985. The molecule has 0 aromatic heterocycles. The molecule has 24 heavy (non-hydrogen) atoms. The SMILES string of the molecule is O=C(COC(=O)c1ccc(O)cc1)Nc1ccc2ccccc2c1. The van der Waals surface area contributed by atoms with Crippen LogP contribution in [0.1, 0.15) is 10.4 Å². The number of phenolic OH excluding ortho intramolecular Hbond substituents is 1. The molecule has 5 nitrogen and oxygen atoms in total. The van der Waals surface area contributed by atoms with Crippen molar-refractivity contribution in [2.75, 3.05) is 11.9 Å². The minimum atomic E-state index is -0.622. The van der Waals surface area contributed by atoms with Crippen molar-refractivity contribution in [3.8, 4) is 5.75 Å². The number of fused-ring (bicyclic) bond motifs is 1. The molecule has 0 radical (unpaired) electrons. The monoisotopic (exact) mass is 321 g/mol. The van der Waals surface area contributed by atoms with E-state index in [0.717, 1.165) is 10.8 Å². The van der Waals surface area contributed by atoms with E-state index < -0.39 is 11.9 Å². The van der Waals surface area contributed by atoms with Crippen molar-refractivity contribution in [3.63, 3.8) is 0 Å². The van der Waals surface area contributed by atoms with Crippen LogP contribution in [0.4, 0.5) is 5.69 Å². The summed E-state index contributed by atoms with van der Waals surface area (Å²) in [6, 6.07) is 19.0. The largest absolute Gasteiger partial charge is 0.508 e. The summed E-state index contributed by atoms with van der Waals surface area (Å²) in [5, 5.41) is 14.0. The predicted molar refractivity (Wildman–Crippen MR) is 91.0 cm³/mol. The number of amides is 1. The molecule has 3 rings (SSSR count). The number of anilines is 1. The fraction of sp³-hybridized carbons (Fsp3) is 0.0526. The van der Waals surface area contributed by atoms with Gasteiger partial charge in [0.25, 0.3) is 5.91 Å². The predicted octanol–water partition coefficient (Wildman–Crippen LogP) is 3.34. The third-order valence-corrected chi connectivity index (χ3v) is 3.47. The first-order valence-corrected chi connectivity index (χ1v) is 7.36. The summed E-state index contributed by atoms with van der Waals surface area (Å²) in [6.45, 7) is -0.382. The van der Waals surface area contributed by atoms with Gasteiger partial charge in [-0.1, -0.05) is 30.3 Å². The van der Waals surface area contributed by atoms with Crippen LogP contribution in [-0.4, -0.2) is 23.6 Å². The van der Waals surface area contributed by atoms with E-state index in [4.69, 9.17) is 4.74 Å². The van der Waals surface area contributed by atoms with Crippen molar-refractivity contribution >= 4 is 28.3 Å². The Kier molecular flexibility index (Phi) is 4.43. The van der Waals surface area contributed by atoms with Crippen LogP contribution in [-0.2, 0) is 9.53 Å². The number of carbonyl (C=O) groups is 2. The number of rotatable bonds is 4. The molecule has 0 aliphatic carbocycles. The smallest absolute Gasteiger partial charge is 0.338 e. The number of ether oxygens (including phenoxy) is 1. The molecule has 120 valence electrons. The molecule has 0 bridgehead atoms. The maximum Gasteiger partial charge on any atom is 0.338 e. The summed E-state index contributed by atoms with van der Waals surface area (Å²) >= 11 is 0. The highest BCUT2D eigenvalue weighted by atomic mass is 16.5. The highest BCUT2D eigenvalue weighted by Crippen LogP contribution is 2.18. The van der Waals surface area contributed by atoms with Crippen molar-refractivity contribution in [2.45, 2.75) is 0 Å². The van der Waals surface area contributed by atoms with Gasteiger partial charge in [-0.05, 0) is 47.2 Å². The number of benzene rings is 3. The molecule has 0 aliphatic rings. The Morgan fingerprint density at radius 3 is 2.38 bits per heavy atom. The van der Waals surface area contributed by atoms with E-state index in [1.54, 1.807) is 6.07 Å². The molecule has 0 spiro atoms. The average molecular weight is 321 g/mol. The fourth-order valence-electron chi connectivity index (χ4n) is 2.28. The van der Waals surface area contributed by atoms with Gasteiger partial charge in [0.15, 0.2) is 6.61 Å². The van der Waals surface area contributed by atoms with Crippen molar-refractivity contribution in [1.82, 2.24) is 0 Å². The first kappa shape index (κ1) is 15.6. The second kappa shape index (κ2) is 6.83. The van der Waals surface area contributed by atoms with E-state index in [1.807, 2.05) is 36.4 Å². The Balaban J connectivity index is 1.58. The Morgan fingerprint density at radius 1 is 0.917 bits per heavy atom. The van der Waals surface area contributed by atoms with Gasteiger partial charge in [0.1, 0.15) is 5.75 Å². The Hall–Kier alpha value is -3.34. The lowest BCUT2D eigenvalue weighted by Crippen LogP contribution is -2.20. The van der Waals surface area contributed by atoms with Crippen LogP contribution in [0.3, 0.4) is 0 Å². The quantitative estimate of drug-likeness (QED) is 0.723. The lowest BCUT2D eigenvalue weighted by atomic mass is 10.1. The fourth-order valence-corrected chi connectivity index (χ4v) is 2.28. The van der Waals surface area contributed by atoms with Gasteiger partial charge in [0.05, 0.1) is 5.56 Å². The number of esters is 1. The van der Waals surface area contributed by atoms with Crippen LogP contribution in [0, 0.1) is 0 Å². The first-order valence-electron chi connectivity index (χ1n) is 7.36. The molecule has 0 unspecified atom stereocenters. The minimum Gasteiger partial charge on any atom is -0.508 e. The lowest BCUT2D eigenvalue weighted by molar-refractivity contribution is -0.119. The number of carbonyl (C=O) groups excluding carboxylic acids is 2. The highest BCUT2D eigenvalue weighted by molar-refractivity contribution is 5.97.